The highest BCUT2D eigenvalue weighted by molar-refractivity contribution is 5.84. The van der Waals surface area contributed by atoms with Crippen LogP contribution in [-0.4, -0.2) is 0 Å². The van der Waals surface area contributed by atoms with Gasteiger partial charge in [0, 0.05) is 23.1 Å². The molecule has 4 aromatic carbocycles. The van der Waals surface area contributed by atoms with Gasteiger partial charge in [-0.05, 0) is 132 Å². The molecule has 0 radical (unpaired) electrons. The summed E-state index contributed by atoms with van der Waals surface area (Å²) >= 11 is 0. The van der Waals surface area contributed by atoms with Crippen LogP contribution in [0, 0.1) is 13.8 Å². The zero-order valence-corrected chi connectivity index (χ0v) is 25.5. The van der Waals surface area contributed by atoms with Crippen molar-refractivity contribution in [2.45, 2.75) is 72.8 Å². The summed E-state index contributed by atoms with van der Waals surface area (Å²) in [5, 5.41) is 0. The van der Waals surface area contributed by atoms with Crippen molar-refractivity contribution in [2.75, 3.05) is 4.90 Å². The van der Waals surface area contributed by atoms with Crippen LogP contribution in [0.2, 0.25) is 0 Å². The Labute approximate surface area is 247 Å². The second-order valence-corrected chi connectivity index (χ2v) is 11.8. The average Bonchev–Trinajstić information content (AvgIpc) is 2.99. The largest absolute Gasteiger partial charge is 0.324 e. The van der Waals surface area contributed by atoms with Crippen molar-refractivity contribution in [2.24, 2.45) is 5.73 Å². The molecule has 0 aliphatic heterocycles. The summed E-state index contributed by atoms with van der Waals surface area (Å²) in [5.74, 6) is 0.446. The zero-order chi connectivity index (χ0) is 29.1. The molecule has 4 aromatic rings. The third-order valence-electron chi connectivity index (χ3n) is 8.48. The number of hydrogen-bond acceptors (Lipinski definition) is 2. The fraction of sp³-hybridized carbons (Fsp3) is 0.282. The number of nitrogens with zero attached hydrogens (tertiary/aromatic N) is 1. The van der Waals surface area contributed by atoms with Gasteiger partial charge in [0.15, 0.2) is 0 Å². The third kappa shape index (κ3) is 5.94. The van der Waals surface area contributed by atoms with E-state index in [2.05, 4.69) is 137 Å². The van der Waals surface area contributed by atoms with E-state index < -0.39 is 0 Å². The quantitative estimate of drug-likeness (QED) is 0.241. The molecule has 1 atom stereocenters. The van der Waals surface area contributed by atoms with Crippen LogP contribution in [0.25, 0.3) is 16.7 Å². The van der Waals surface area contributed by atoms with Gasteiger partial charge in [-0.25, -0.2) is 0 Å². The monoisotopic (exact) mass is 540 g/mol. The molecule has 0 saturated heterocycles. The third-order valence-corrected chi connectivity index (χ3v) is 8.48. The molecular formula is C39H44N2. The molecule has 0 amide bonds. The number of anilines is 3. The van der Waals surface area contributed by atoms with Gasteiger partial charge in [0.2, 0.25) is 0 Å². The molecule has 0 saturated carbocycles. The maximum absolute atomic E-state index is 6.22. The summed E-state index contributed by atoms with van der Waals surface area (Å²) < 4.78 is 0. The van der Waals surface area contributed by atoms with Crippen LogP contribution in [0.4, 0.5) is 17.1 Å². The maximum Gasteiger partial charge on any atom is 0.0467 e. The Morgan fingerprint density at radius 3 is 1.98 bits per heavy atom. The minimum atomic E-state index is 0.000693. The molecule has 5 rings (SSSR count). The summed E-state index contributed by atoms with van der Waals surface area (Å²) in [7, 11) is 0. The number of rotatable bonds is 8. The van der Waals surface area contributed by atoms with Crippen LogP contribution in [0.3, 0.4) is 0 Å². The minimum absolute atomic E-state index is 0.000693. The van der Waals surface area contributed by atoms with Crippen LogP contribution in [0.1, 0.15) is 86.7 Å². The van der Waals surface area contributed by atoms with E-state index in [4.69, 9.17) is 5.73 Å². The molecule has 2 heteroatoms. The second kappa shape index (κ2) is 12.3. The summed E-state index contributed by atoms with van der Waals surface area (Å²) in [4.78, 5) is 2.40. The van der Waals surface area contributed by atoms with Gasteiger partial charge in [0.05, 0.1) is 0 Å². The van der Waals surface area contributed by atoms with Gasteiger partial charge in [-0.15, -0.1) is 0 Å². The van der Waals surface area contributed by atoms with E-state index in [9.17, 15) is 0 Å². The number of nitrogens with two attached hydrogens (primary N) is 1. The molecule has 0 bridgehead atoms. The zero-order valence-electron chi connectivity index (χ0n) is 25.5. The van der Waals surface area contributed by atoms with Crippen molar-refractivity contribution < 1.29 is 0 Å². The minimum Gasteiger partial charge on any atom is -0.324 e. The first-order valence-corrected chi connectivity index (χ1v) is 15.1. The van der Waals surface area contributed by atoms with E-state index in [0.717, 1.165) is 36.2 Å². The fourth-order valence-electron chi connectivity index (χ4n) is 6.09. The molecule has 2 N–H and O–H groups in total. The highest BCUT2D eigenvalue weighted by Gasteiger charge is 2.19. The van der Waals surface area contributed by atoms with Crippen LogP contribution >= 0.6 is 0 Å². The molecule has 210 valence electrons. The fourth-order valence-corrected chi connectivity index (χ4v) is 6.09. The standard InChI is InChI=1S/C39H44N2/c1-7-30-12-8-9-14-36(30)38-24-33(20-16-27(38)4)41(32-22-18-31(19-23-32)29(6)40)34-21-17-28(5)39(25-34)37-15-11-10-13-35(37)26(2)3/h8,10-13,15-26,29H,7,9,14,40H2,1-6H3. The van der Waals surface area contributed by atoms with E-state index in [0.29, 0.717) is 5.92 Å². The normalized spacial score (nSPS) is 14.0. The first kappa shape index (κ1) is 28.6. The molecule has 0 fully saturated rings. The number of allylic oxidation sites excluding steroid dienone is 4. The molecular weight excluding hydrogens is 496 g/mol. The van der Waals surface area contributed by atoms with Crippen molar-refractivity contribution in [3.63, 3.8) is 0 Å². The molecule has 1 aliphatic rings. The van der Waals surface area contributed by atoms with Crippen LogP contribution in [0.5, 0.6) is 0 Å². The van der Waals surface area contributed by atoms with Gasteiger partial charge < -0.3 is 10.6 Å². The van der Waals surface area contributed by atoms with Crippen molar-refractivity contribution >= 4 is 22.6 Å². The summed E-state index contributed by atoms with van der Waals surface area (Å²) in [5.41, 5.74) is 21.7. The lowest BCUT2D eigenvalue weighted by molar-refractivity contribution is 0.818. The number of benzene rings is 4. The predicted molar refractivity (Wildman–Crippen MR) is 178 cm³/mol. The van der Waals surface area contributed by atoms with Crippen molar-refractivity contribution in [3.8, 4) is 11.1 Å². The van der Waals surface area contributed by atoms with Crippen molar-refractivity contribution in [3.05, 3.63) is 130 Å². The maximum atomic E-state index is 6.22. The predicted octanol–water partition coefficient (Wildman–Crippen LogP) is 11.1. The van der Waals surface area contributed by atoms with Gasteiger partial charge in [0.1, 0.15) is 0 Å². The summed E-state index contributed by atoms with van der Waals surface area (Å²) in [6.45, 7) is 13.3. The van der Waals surface area contributed by atoms with Gasteiger partial charge >= 0.3 is 0 Å². The molecule has 41 heavy (non-hydrogen) atoms. The van der Waals surface area contributed by atoms with Gasteiger partial charge in [0.25, 0.3) is 0 Å². The highest BCUT2D eigenvalue weighted by Crippen LogP contribution is 2.42. The van der Waals surface area contributed by atoms with Gasteiger partial charge in [-0.1, -0.05) is 81.5 Å². The van der Waals surface area contributed by atoms with E-state index in [1.165, 1.54) is 50.2 Å². The molecule has 0 spiro atoms. The summed E-state index contributed by atoms with van der Waals surface area (Å²) in [6.07, 6.45) is 7.88. The second-order valence-electron chi connectivity index (χ2n) is 11.8. The van der Waals surface area contributed by atoms with Crippen LogP contribution < -0.4 is 10.6 Å². The SMILES string of the molecule is CCC1=C(c2cc(N(c3ccc(C(C)N)cc3)c3ccc(C)c(-c4ccccc4C(C)C)c3)ccc2C)CCC=C1. The topological polar surface area (TPSA) is 29.3 Å². The Hall–Kier alpha value is -3.88. The molecule has 0 heterocycles. The Balaban J connectivity index is 1.71. The van der Waals surface area contributed by atoms with E-state index in [-0.39, 0.29) is 6.04 Å². The molecule has 2 nitrogen and oxygen atoms in total. The van der Waals surface area contributed by atoms with Gasteiger partial charge in [-0.2, -0.15) is 0 Å². The van der Waals surface area contributed by atoms with Crippen LogP contribution in [0.15, 0.2) is 103 Å². The Morgan fingerprint density at radius 1 is 0.732 bits per heavy atom. The number of aryl methyl sites for hydroxylation is 2. The number of hydrogen-bond donors (Lipinski definition) is 1. The highest BCUT2D eigenvalue weighted by atomic mass is 15.1. The van der Waals surface area contributed by atoms with Gasteiger partial charge in [-0.3, -0.25) is 0 Å². The lowest BCUT2D eigenvalue weighted by Gasteiger charge is -2.28. The average molecular weight is 541 g/mol. The molecule has 1 aliphatic carbocycles. The first-order valence-electron chi connectivity index (χ1n) is 15.1. The molecule has 1 unspecified atom stereocenters. The molecule has 0 aromatic heterocycles. The Morgan fingerprint density at radius 2 is 1.34 bits per heavy atom. The van der Waals surface area contributed by atoms with Crippen molar-refractivity contribution in [1.29, 1.82) is 0 Å². The smallest absolute Gasteiger partial charge is 0.0467 e. The van der Waals surface area contributed by atoms with E-state index >= 15 is 0 Å². The summed E-state index contributed by atoms with van der Waals surface area (Å²) in [6, 6.07) is 31.4. The van der Waals surface area contributed by atoms with E-state index in [1.54, 1.807) is 0 Å². The lowest BCUT2D eigenvalue weighted by Crippen LogP contribution is -2.12. The Bertz CT molecular complexity index is 1580. The van der Waals surface area contributed by atoms with Crippen LogP contribution in [-0.2, 0) is 0 Å². The Kier molecular flexibility index (Phi) is 8.61. The first-order chi connectivity index (χ1) is 19.8. The van der Waals surface area contributed by atoms with E-state index in [1.807, 2.05) is 6.92 Å². The van der Waals surface area contributed by atoms with Crippen molar-refractivity contribution in [1.82, 2.24) is 0 Å². The lowest BCUT2D eigenvalue weighted by atomic mass is 9.87.